The van der Waals surface area contributed by atoms with E-state index in [1.54, 1.807) is 0 Å². The Balaban J connectivity index is 1.78. The van der Waals surface area contributed by atoms with Gasteiger partial charge in [-0.25, -0.2) is 22.8 Å². The number of aromatic nitrogens is 2. The monoisotopic (exact) mass is 431 g/mol. The van der Waals surface area contributed by atoms with Crippen molar-refractivity contribution in [2.45, 2.75) is 25.8 Å². The number of nitrogens with zero attached hydrogens (tertiary/aromatic N) is 3. The Bertz CT molecular complexity index is 1170. The zero-order chi connectivity index (χ0) is 21.7. The number of aryl methyl sites for hydroxylation is 1. The highest BCUT2D eigenvalue weighted by Crippen LogP contribution is 2.16. The first-order valence-corrected chi connectivity index (χ1v) is 11.7. The molecule has 9 heteroatoms. The fourth-order valence-electron chi connectivity index (χ4n) is 3.19. The quantitative estimate of drug-likeness (QED) is 0.443. The van der Waals surface area contributed by atoms with Gasteiger partial charge >= 0.3 is 0 Å². The van der Waals surface area contributed by atoms with Crippen molar-refractivity contribution in [3.05, 3.63) is 65.2 Å². The maximum atomic E-state index is 13.7. The van der Waals surface area contributed by atoms with Gasteiger partial charge in [0.05, 0.1) is 29.9 Å². The van der Waals surface area contributed by atoms with Crippen LogP contribution in [0.3, 0.4) is 0 Å². The molecular weight excluding hydrogens is 405 g/mol. The third-order valence-electron chi connectivity index (χ3n) is 4.63. The normalized spacial score (nSPS) is 12.3. The minimum absolute atomic E-state index is 0.151. The van der Waals surface area contributed by atoms with E-state index in [0.29, 0.717) is 30.2 Å². The van der Waals surface area contributed by atoms with E-state index in [1.165, 1.54) is 18.2 Å². The van der Waals surface area contributed by atoms with Crippen LogP contribution in [0.4, 0.5) is 4.39 Å². The molecule has 0 atom stereocenters. The highest BCUT2D eigenvalue weighted by Gasteiger charge is 2.11. The molecule has 0 amide bonds. The molecule has 0 bridgehead atoms. The molecule has 1 heterocycles. The molecule has 30 heavy (non-hydrogen) atoms. The molecule has 0 aliphatic rings. The first kappa shape index (κ1) is 21.8. The molecule has 160 valence electrons. The molecule has 0 fully saturated rings. The van der Waals surface area contributed by atoms with E-state index in [1.807, 2.05) is 42.8 Å². The van der Waals surface area contributed by atoms with Crippen molar-refractivity contribution in [1.29, 1.82) is 0 Å². The van der Waals surface area contributed by atoms with Gasteiger partial charge in [-0.2, -0.15) is 0 Å². The number of hydrogen-bond acceptors (Lipinski definition) is 4. The smallest absolute Gasteiger partial charge is 0.191 e. The van der Waals surface area contributed by atoms with Gasteiger partial charge in [-0.05, 0) is 42.3 Å². The summed E-state index contributed by atoms with van der Waals surface area (Å²) in [7, 11) is -1.28. The summed E-state index contributed by atoms with van der Waals surface area (Å²) in [5.74, 6) is 0.821. The van der Waals surface area contributed by atoms with Crippen LogP contribution < -0.4 is 10.6 Å². The first-order valence-electron chi connectivity index (χ1n) is 9.64. The maximum Gasteiger partial charge on any atom is 0.191 e. The van der Waals surface area contributed by atoms with Gasteiger partial charge in [-0.15, -0.1) is 0 Å². The fraction of sp³-hybridized carbons (Fsp3) is 0.333. The van der Waals surface area contributed by atoms with Gasteiger partial charge < -0.3 is 15.2 Å². The highest BCUT2D eigenvalue weighted by atomic mass is 32.2. The van der Waals surface area contributed by atoms with Crippen LogP contribution in [0.2, 0.25) is 0 Å². The number of sulfone groups is 1. The molecule has 2 aromatic carbocycles. The Hall–Kier alpha value is -2.94. The van der Waals surface area contributed by atoms with Gasteiger partial charge in [0.25, 0.3) is 0 Å². The highest BCUT2D eigenvalue weighted by molar-refractivity contribution is 7.89. The van der Waals surface area contributed by atoms with Gasteiger partial charge in [0.15, 0.2) is 15.8 Å². The summed E-state index contributed by atoms with van der Waals surface area (Å²) in [4.78, 5) is 9.14. The zero-order valence-electron chi connectivity index (χ0n) is 17.3. The van der Waals surface area contributed by atoms with Crippen molar-refractivity contribution < 1.29 is 12.8 Å². The lowest BCUT2D eigenvalue weighted by Gasteiger charge is -2.12. The second-order valence-electron chi connectivity index (χ2n) is 7.11. The molecule has 0 saturated heterocycles. The third kappa shape index (κ3) is 5.56. The average molecular weight is 432 g/mol. The SMILES string of the molecule is CCNC(=NCc1cc(F)ccc1CS(C)(=O)=O)NCc1nc2ccccc2n1C. The van der Waals surface area contributed by atoms with E-state index in [-0.39, 0.29) is 12.3 Å². The second-order valence-corrected chi connectivity index (χ2v) is 9.25. The fourth-order valence-corrected chi connectivity index (χ4v) is 4.03. The topological polar surface area (TPSA) is 88.4 Å². The van der Waals surface area contributed by atoms with Crippen molar-refractivity contribution in [2.24, 2.45) is 12.0 Å². The van der Waals surface area contributed by atoms with E-state index in [9.17, 15) is 12.8 Å². The number of halogens is 1. The molecule has 3 aromatic rings. The van der Waals surface area contributed by atoms with E-state index in [0.717, 1.165) is 23.1 Å². The van der Waals surface area contributed by atoms with Gasteiger partial charge in [0, 0.05) is 19.8 Å². The summed E-state index contributed by atoms with van der Waals surface area (Å²) in [5.41, 5.74) is 3.06. The summed E-state index contributed by atoms with van der Waals surface area (Å²) in [6, 6.07) is 12.0. The minimum Gasteiger partial charge on any atom is -0.357 e. The lowest BCUT2D eigenvalue weighted by atomic mass is 10.1. The number of hydrogen-bond donors (Lipinski definition) is 2. The van der Waals surface area contributed by atoms with Crippen LogP contribution in [-0.4, -0.2) is 36.7 Å². The van der Waals surface area contributed by atoms with Crippen LogP contribution in [0.15, 0.2) is 47.5 Å². The Morgan fingerprint density at radius 2 is 1.93 bits per heavy atom. The van der Waals surface area contributed by atoms with Crippen molar-refractivity contribution in [2.75, 3.05) is 12.8 Å². The molecule has 0 spiro atoms. The van der Waals surface area contributed by atoms with Crippen molar-refractivity contribution >= 4 is 26.8 Å². The van der Waals surface area contributed by atoms with Gasteiger partial charge in [0.2, 0.25) is 0 Å². The standard InChI is InChI=1S/C21H26FN5O2S/c1-4-23-21(25-13-20-26-18-7-5-6-8-19(18)27(20)2)24-12-16-11-17(22)10-9-15(16)14-30(3,28)29/h5-11H,4,12-14H2,1-3H3,(H2,23,24,25). The predicted molar refractivity (Wildman–Crippen MR) is 117 cm³/mol. The molecule has 0 radical (unpaired) electrons. The zero-order valence-corrected chi connectivity index (χ0v) is 18.1. The van der Waals surface area contributed by atoms with Gasteiger partial charge in [0.1, 0.15) is 11.6 Å². The number of nitrogens with one attached hydrogen (secondary N) is 2. The summed E-state index contributed by atoms with van der Waals surface area (Å²) in [6.07, 6.45) is 1.16. The minimum atomic E-state index is -3.24. The predicted octanol–water partition coefficient (Wildman–Crippen LogP) is 2.51. The maximum absolute atomic E-state index is 13.7. The van der Waals surface area contributed by atoms with E-state index in [2.05, 4.69) is 20.6 Å². The lowest BCUT2D eigenvalue weighted by molar-refractivity contribution is 0.600. The summed E-state index contributed by atoms with van der Waals surface area (Å²) < 4.78 is 39.1. The molecular formula is C21H26FN5O2S. The Labute approximate surface area is 176 Å². The van der Waals surface area contributed by atoms with Crippen LogP contribution in [0.1, 0.15) is 23.9 Å². The molecule has 0 saturated carbocycles. The summed E-state index contributed by atoms with van der Waals surface area (Å²) >= 11 is 0. The molecule has 0 unspecified atom stereocenters. The summed E-state index contributed by atoms with van der Waals surface area (Å²) in [5, 5.41) is 6.38. The number of aliphatic imine (C=N–C) groups is 1. The number of imidazole rings is 1. The van der Waals surface area contributed by atoms with Crippen LogP contribution in [0.25, 0.3) is 11.0 Å². The largest absolute Gasteiger partial charge is 0.357 e. The van der Waals surface area contributed by atoms with Crippen LogP contribution in [-0.2, 0) is 35.7 Å². The average Bonchev–Trinajstić information content (AvgIpc) is 3.01. The van der Waals surface area contributed by atoms with Gasteiger partial charge in [-0.3, -0.25) is 0 Å². The molecule has 0 aliphatic heterocycles. The molecule has 2 N–H and O–H groups in total. The number of benzene rings is 2. The molecule has 3 rings (SSSR count). The van der Waals surface area contributed by atoms with Crippen LogP contribution in [0.5, 0.6) is 0 Å². The van der Waals surface area contributed by atoms with E-state index < -0.39 is 15.7 Å². The molecule has 0 aliphatic carbocycles. The van der Waals surface area contributed by atoms with Crippen molar-refractivity contribution in [3.8, 4) is 0 Å². The lowest BCUT2D eigenvalue weighted by Crippen LogP contribution is -2.37. The number of rotatable bonds is 7. The Kier molecular flexibility index (Phi) is 6.71. The Morgan fingerprint density at radius 1 is 1.17 bits per heavy atom. The Morgan fingerprint density at radius 3 is 2.63 bits per heavy atom. The van der Waals surface area contributed by atoms with Crippen LogP contribution in [0, 0.1) is 5.82 Å². The number of guanidine groups is 1. The summed E-state index contributed by atoms with van der Waals surface area (Å²) in [6.45, 7) is 3.20. The van der Waals surface area contributed by atoms with Gasteiger partial charge in [-0.1, -0.05) is 18.2 Å². The third-order valence-corrected chi connectivity index (χ3v) is 5.47. The van der Waals surface area contributed by atoms with Crippen molar-refractivity contribution in [3.63, 3.8) is 0 Å². The number of para-hydroxylation sites is 2. The second kappa shape index (κ2) is 9.25. The van der Waals surface area contributed by atoms with E-state index >= 15 is 0 Å². The first-order chi connectivity index (χ1) is 14.3. The van der Waals surface area contributed by atoms with E-state index in [4.69, 9.17) is 0 Å². The molecule has 1 aromatic heterocycles. The number of fused-ring (bicyclic) bond motifs is 1. The van der Waals surface area contributed by atoms with Crippen LogP contribution >= 0.6 is 0 Å². The van der Waals surface area contributed by atoms with Crippen molar-refractivity contribution in [1.82, 2.24) is 20.2 Å². The molecule has 7 nitrogen and oxygen atoms in total.